The van der Waals surface area contributed by atoms with Gasteiger partial charge < -0.3 is 15.3 Å². The summed E-state index contributed by atoms with van der Waals surface area (Å²) in [5.74, 6) is -0.953. The molecule has 4 rings (SSSR count). The van der Waals surface area contributed by atoms with Gasteiger partial charge >= 0.3 is 6.18 Å². The lowest BCUT2D eigenvalue weighted by atomic mass is 9.73. The van der Waals surface area contributed by atoms with E-state index >= 15 is 0 Å². The highest BCUT2D eigenvalue weighted by Crippen LogP contribution is 2.37. The van der Waals surface area contributed by atoms with Crippen LogP contribution in [0.2, 0.25) is 0 Å². The minimum Gasteiger partial charge on any atom is -0.379 e. The van der Waals surface area contributed by atoms with Gasteiger partial charge in [0.25, 0.3) is 5.91 Å². The Labute approximate surface area is 251 Å². The molecule has 0 aromatic heterocycles. The SMILES string of the molecule is CC(C)(C)C(=O)N1CCN(Cc2cccc(CC(O)(C(=O)Nc3ccc(C#N)c(C(F)(F)F)c3)C3CCCCC3)c2)CC1. The summed E-state index contributed by atoms with van der Waals surface area (Å²) in [4.78, 5) is 30.5. The molecule has 2 amide bonds. The largest absolute Gasteiger partial charge is 0.417 e. The van der Waals surface area contributed by atoms with E-state index < -0.39 is 34.2 Å². The van der Waals surface area contributed by atoms with Gasteiger partial charge in [0.1, 0.15) is 5.60 Å². The molecule has 1 unspecified atom stereocenters. The molecular weight excluding hydrogens is 557 g/mol. The quantitative estimate of drug-likeness (QED) is 0.423. The van der Waals surface area contributed by atoms with Crippen molar-refractivity contribution in [1.29, 1.82) is 5.26 Å². The van der Waals surface area contributed by atoms with Crippen molar-refractivity contribution in [2.75, 3.05) is 31.5 Å². The minimum absolute atomic E-state index is 0.0214. The minimum atomic E-state index is -4.76. The summed E-state index contributed by atoms with van der Waals surface area (Å²) in [5, 5.41) is 23.6. The molecule has 43 heavy (non-hydrogen) atoms. The van der Waals surface area contributed by atoms with Crippen molar-refractivity contribution in [3.8, 4) is 6.07 Å². The first-order chi connectivity index (χ1) is 20.2. The maximum Gasteiger partial charge on any atom is 0.417 e. The summed E-state index contributed by atoms with van der Waals surface area (Å²) in [6.45, 7) is 9.22. The number of amides is 2. The van der Waals surface area contributed by atoms with Crippen molar-refractivity contribution in [2.45, 2.75) is 77.6 Å². The van der Waals surface area contributed by atoms with Crippen LogP contribution in [0, 0.1) is 22.7 Å². The second kappa shape index (κ2) is 13.1. The van der Waals surface area contributed by atoms with Gasteiger partial charge in [0.15, 0.2) is 0 Å². The molecule has 2 N–H and O–H groups in total. The Bertz CT molecular complexity index is 1350. The molecule has 7 nitrogen and oxygen atoms in total. The van der Waals surface area contributed by atoms with Gasteiger partial charge in [-0.15, -0.1) is 0 Å². The maximum atomic E-state index is 13.7. The molecule has 1 heterocycles. The molecule has 0 spiro atoms. The van der Waals surface area contributed by atoms with Crippen LogP contribution >= 0.6 is 0 Å². The molecule has 2 fully saturated rings. The van der Waals surface area contributed by atoms with Crippen LogP contribution < -0.4 is 5.32 Å². The average Bonchev–Trinajstić information content (AvgIpc) is 2.97. The van der Waals surface area contributed by atoms with Crippen LogP contribution in [-0.2, 0) is 28.7 Å². The molecule has 1 saturated heterocycles. The van der Waals surface area contributed by atoms with Crippen molar-refractivity contribution in [2.24, 2.45) is 11.3 Å². The third kappa shape index (κ3) is 7.95. The Morgan fingerprint density at radius 3 is 2.23 bits per heavy atom. The van der Waals surface area contributed by atoms with Crippen molar-refractivity contribution in [3.63, 3.8) is 0 Å². The number of alkyl halides is 3. The van der Waals surface area contributed by atoms with E-state index in [1.165, 1.54) is 6.07 Å². The fourth-order valence-electron chi connectivity index (χ4n) is 6.17. The van der Waals surface area contributed by atoms with E-state index in [0.29, 0.717) is 32.5 Å². The number of hydrogen-bond donors (Lipinski definition) is 2. The maximum absolute atomic E-state index is 13.7. The number of piperazine rings is 1. The van der Waals surface area contributed by atoms with E-state index in [9.17, 15) is 27.9 Å². The molecule has 2 aromatic carbocycles. The third-order valence-electron chi connectivity index (χ3n) is 8.55. The van der Waals surface area contributed by atoms with Crippen molar-refractivity contribution in [1.82, 2.24) is 9.80 Å². The van der Waals surface area contributed by atoms with Gasteiger partial charge in [-0.05, 0) is 48.1 Å². The van der Waals surface area contributed by atoms with Gasteiger partial charge in [-0.1, -0.05) is 64.3 Å². The lowest BCUT2D eigenvalue weighted by Gasteiger charge is -2.38. The van der Waals surface area contributed by atoms with Crippen LogP contribution in [0.15, 0.2) is 42.5 Å². The summed E-state index contributed by atoms with van der Waals surface area (Å²) >= 11 is 0. The van der Waals surface area contributed by atoms with Crippen molar-refractivity contribution in [3.05, 3.63) is 64.7 Å². The molecule has 1 aliphatic carbocycles. The highest BCUT2D eigenvalue weighted by molar-refractivity contribution is 5.97. The zero-order chi connectivity index (χ0) is 31.4. The number of nitriles is 1. The van der Waals surface area contributed by atoms with Gasteiger partial charge in [0.2, 0.25) is 5.91 Å². The number of rotatable bonds is 7. The Balaban J connectivity index is 1.50. The second-order valence-electron chi connectivity index (χ2n) is 12.9. The molecule has 1 atom stereocenters. The molecule has 10 heteroatoms. The first-order valence-electron chi connectivity index (χ1n) is 15.0. The van der Waals surface area contributed by atoms with Crippen LogP contribution in [0.25, 0.3) is 0 Å². The summed E-state index contributed by atoms with van der Waals surface area (Å²) in [6.07, 6.45) is -0.736. The summed E-state index contributed by atoms with van der Waals surface area (Å²) in [6, 6.07) is 12.3. The molecular formula is C33H41F3N4O3. The van der Waals surface area contributed by atoms with E-state index in [2.05, 4.69) is 10.2 Å². The first-order valence-corrected chi connectivity index (χ1v) is 15.0. The number of carbonyl (C=O) groups is 2. The predicted octanol–water partition coefficient (Wildman–Crippen LogP) is 5.76. The van der Waals surface area contributed by atoms with E-state index in [0.717, 1.165) is 55.6 Å². The van der Waals surface area contributed by atoms with Crippen molar-refractivity contribution < 1.29 is 27.9 Å². The van der Waals surface area contributed by atoms with Crippen molar-refractivity contribution >= 4 is 17.5 Å². The van der Waals surface area contributed by atoms with Crippen LogP contribution in [-0.4, -0.2) is 58.5 Å². The number of halogens is 3. The number of benzene rings is 2. The highest BCUT2D eigenvalue weighted by Gasteiger charge is 2.44. The van der Waals surface area contributed by atoms with E-state index in [-0.39, 0.29) is 23.9 Å². The Hall–Kier alpha value is -3.42. The van der Waals surface area contributed by atoms with Crippen LogP contribution in [0.3, 0.4) is 0 Å². The molecule has 1 saturated carbocycles. The standard InChI is InChI=1S/C33H41F3N4O3/c1-31(2,3)30(42)40-16-14-39(15-17-40)22-24-9-7-8-23(18-24)20-32(43,26-10-5-4-6-11-26)29(41)38-27-13-12-25(21-37)28(19-27)33(34,35)36/h7-9,12-13,18-19,26,43H,4-6,10-11,14-17,20,22H2,1-3H3,(H,38,41). The number of carbonyl (C=O) groups excluding carboxylic acids is 2. The molecule has 232 valence electrons. The Morgan fingerprint density at radius 2 is 1.63 bits per heavy atom. The lowest BCUT2D eigenvalue weighted by Crippen LogP contribution is -2.51. The fraction of sp³-hybridized carbons (Fsp3) is 0.545. The van der Waals surface area contributed by atoms with Gasteiger partial charge in [-0.3, -0.25) is 14.5 Å². The number of nitrogens with one attached hydrogen (secondary N) is 1. The van der Waals surface area contributed by atoms with Crippen LogP contribution in [0.5, 0.6) is 0 Å². The predicted molar refractivity (Wildman–Crippen MR) is 158 cm³/mol. The van der Waals surface area contributed by atoms with Gasteiger partial charge in [-0.25, -0.2) is 0 Å². The monoisotopic (exact) mass is 598 g/mol. The first kappa shape index (κ1) is 32.5. The summed E-state index contributed by atoms with van der Waals surface area (Å²) < 4.78 is 40.6. The topological polar surface area (TPSA) is 96.7 Å². The molecule has 1 aliphatic heterocycles. The number of nitrogens with zero attached hydrogens (tertiary/aromatic N) is 3. The highest BCUT2D eigenvalue weighted by atomic mass is 19.4. The zero-order valence-corrected chi connectivity index (χ0v) is 25.1. The Kier molecular flexibility index (Phi) is 9.87. The van der Waals surface area contributed by atoms with E-state index in [1.54, 1.807) is 6.07 Å². The zero-order valence-electron chi connectivity index (χ0n) is 25.1. The van der Waals surface area contributed by atoms with E-state index in [1.807, 2.05) is 49.9 Å². The summed E-state index contributed by atoms with van der Waals surface area (Å²) in [5.41, 5.74) is -2.26. The molecule has 0 bridgehead atoms. The van der Waals surface area contributed by atoms with Crippen LogP contribution in [0.1, 0.15) is 75.1 Å². The van der Waals surface area contributed by atoms with Crippen LogP contribution in [0.4, 0.5) is 18.9 Å². The van der Waals surface area contributed by atoms with Gasteiger partial charge in [-0.2, -0.15) is 18.4 Å². The van der Waals surface area contributed by atoms with Gasteiger partial charge in [0, 0.05) is 50.2 Å². The third-order valence-corrected chi connectivity index (χ3v) is 8.55. The normalized spacial score (nSPS) is 18.5. The summed E-state index contributed by atoms with van der Waals surface area (Å²) in [7, 11) is 0. The number of hydrogen-bond acceptors (Lipinski definition) is 5. The fourth-order valence-corrected chi connectivity index (χ4v) is 6.17. The number of aliphatic hydroxyl groups is 1. The molecule has 0 radical (unpaired) electrons. The average molecular weight is 599 g/mol. The second-order valence-corrected chi connectivity index (χ2v) is 12.9. The Morgan fingerprint density at radius 1 is 0.977 bits per heavy atom. The molecule has 2 aliphatic rings. The smallest absolute Gasteiger partial charge is 0.379 e. The molecule has 2 aromatic rings. The number of anilines is 1. The van der Waals surface area contributed by atoms with E-state index in [4.69, 9.17) is 5.26 Å². The lowest BCUT2D eigenvalue weighted by molar-refractivity contribution is -0.142. The van der Waals surface area contributed by atoms with Gasteiger partial charge in [0.05, 0.1) is 17.2 Å².